The van der Waals surface area contributed by atoms with Crippen LogP contribution in [0.15, 0.2) is 182 Å². The van der Waals surface area contributed by atoms with Crippen molar-refractivity contribution in [1.29, 1.82) is 0 Å². The van der Waals surface area contributed by atoms with Crippen LogP contribution in [0.5, 0.6) is 0 Å². The fraction of sp³-hybridized carbons (Fsp3) is 0.308. The summed E-state index contributed by atoms with van der Waals surface area (Å²) in [5.41, 5.74) is 1.99. The summed E-state index contributed by atoms with van der Waals surface area (Å²) in [6, 6.07) is 61.3. The van der Waals surface area contributed by atoms with E-state index in [1.807, 2.05) is 109 Å². The Morgan fingerprint density at radius 2 is 0.717 bits per heavy atom. The van der Waals surface area contributed by atoms with Gasteiger partial charge in [-0.1, -0.05) is 224 Å². The zero-order valence-electron chi connectivity index (χ0n) is 36.0. The van der Waals surface area contributed by atoms with Crippen LogP contribution in [-0.4, -0.2) is 64.5 Å². The lowest BCUT2D eigenvalue weighted by atomic mass is 10.0. The summed E-state index contributed by atoms with van der Waals surface area (Å²) in [4.78, 5) is 0. The van der Waals surface area contributed by atoms with Gasteiger partial charge in [-0.25, -0.2) is 0 Å². The number of aliphatic hydroxyl groups excluding tert-OH is 2. The lowest BCUT2D eigenvalue weighted by Crippen LogP contribution is -2.72. The second kappa shape index (κ2) is 20.4. The number of ether oxygens (including phenoxy) is 2. The molecule has 0 unspecified atom stereocenters. The van der Waals surface area contributed by atoms with Gasteiger partial charge in [0.1, 0.15) is 18.3 Å². The van der Waals surface area contributed by atoms with Gasteiger partial charge in [0, 0.05) is 0 Å². The molecule has 4 atom stereocenters. The van der Waals surface area contributed by atoms with Crippen molar-refractivity contribution in [3.8, 4) is 0 Å². The van der Waals surface area contributed by atoms with Gasteiger partial charge in [0.2, 0.25) is 0 Å². The Kier molecular flexibility index (Phi) is 15.3. The molecule has 6 aromatic carbocycles. The van der Waals surface area contributed by atoms with Crippen molar-refractivity contribution in [2.24, 2.45) is 0 Å². The molecule has 0 fully saturated rings. The van der Waals surface area contributed by atoms with E-state index < -0.39 is 51.1 Å². The van der Waals surface area contributed by atoms with E-state index in [4.69, 9.17) is 18.3 Å². The zero-order valence-corrected chi connectivity index (χ0v) is 38.0. The van der Waals surface area contributed by atoms with Crippen molar-refractivity contribution in [3.05, 3.63) is 193 Å². The fourth-order valence-electron chi connectivity index (χ4n) is 8.44. The quantitative estimate of drug-likeness (QED) is 0.0806. The van der Waals surface area contributed by atoms with Crippen LogP contribution in [-0.2, 0) is 31.5 Å². The van der Waals surface area contributed by atoms with Crippen LogP contribution in [0.25, 0.3) is 0 Å². The van der Waals surface area contributed by atoms with Crippen LogP contribution in [0, 0.1) is 0 Å². The minimum Gasteiger partial charge on any atom is -0.399 e. The number of rotatable bonds is 19. The molecule has 60 heavy (non-hydrogen) atoms. The molecule has 0 heterocycles. The standard InChI is InChI=1S/C52H62O6Si2/c1-51(2,3)59(43-29-17-9-18-30-43,44-31-19-10-20-32-44)57-48(40-56-38-42-27-15-8-16-28-42)49(54)50(47(53)39-55-37-41-25-13-7-14-26-41)58-60(52(4,5)6,45-33-21-11-22-34-45)46-35-23-12-24-36-46/h7-36,47-50,53-54H,37-40H2,1-6H3/t47-,48-,49-,50-/m1/s1. The lowest BCUT2D eigenvalue weighted by Gasteiger charge is -2.49. The van der Waals surface area contributed by atoms with E-state index in [1.54, 1.807) is 0 Å². The van der Waals surface area contributed by atoms with Crippen molar-refractivity contribution in [2.45, 2.75) is 89.2 Å². The Morgan fingerprint density at radius 3 is 1.05 bits per heavy atom. The van der Waals surface area contributed by atoms with Crippen molar-refractivity contribution in [1.82, 2.24) is 0 Å². The summed E-state index contributed by atoms with van der Waals surface area (Å²) in [6.45, 7) is 13.8. The van der Waals surface area contributed by atoms with Gasteiger partial charge in [-0.3, -0.25) is 0 Å². The van der Waals surface area contributed by atoms with Crippen LogP contribution in [0.3, 0.4) is 0 Å². The Morgan fingerprint density at radius 1 is 0.417 bits per heavy atom. The number of hydrogen-bond acceptors (Lipinski definition) is 6. The molecule has 6 aromatic rings. The molecule has 314 valence electrons. The van der Waals surface area contributed by atoms with E-state index in [2.05, 4.69) is 114 Å². The minimum atomic E-state index is -3.35. The maximum Gasteiger partial charge on any atom is 0.261 e. The largest absolute Gasteiger partial charge is 0.399 e. The van der Waals surface area contributed by atoms with Crippen molar-refractivity contribution < 1.29 is 28.5 Å². The smallest absolute Gasteiger partial charge is 0.261 e. The van der Waals surface area contributed by atoms with Crippen LogP contribution >= 0.6 is 0 Å². The summed E-state index contributed by atoms with van der Waals surface area (Å²) in [5, 5.41) is 29.2. The summed E-state index contributed by atoms with van der Waals surface area (Å²) < 4.78 is 28.2. The Hall–Kier alpha value is -4.49. The van der Waals surface area contributed by atoms with E-state index in [0.717, 1.165) is 31.9 Å². The van der Waals surface area contributed by atoms with Crippen molar-refractivity contribution >= 4 is 37.4 Å². The van der Waals surface area contributed by atoms with Crippen molar-refractivity contribution in [2.75, 3.05) is 13.2 Å². The third kappa shape index (κ3) is 10.3. The molecule has 0 aromatic heterocycles. The molecule has 0 amide bonds. The second-order valence-corrected chi connectivity index (χ2v) is 26.1. The Labute approximate surface area is 360 Å². The summed E-state index contributed by atoms with van der Waals surface area (Å²) in [5.74, 6) is 0. The topological polar surface area (TPSA) is 77.4 Å². The summed E-state index contributed by atoms with van der Waals surface area (Å²) in [7, 11) is -6.63. The first-order chi connectivity index (χ1) is 28.9. The van der Waals surface area contributed by atoms with E-state index in [9.17, 15) is 10.2 Å². The number of benzene rings is 6. The third-order valence-corrected chi connectivity index (χ3v) is 21.5. The molecule has 0 aliphatic carbocycles. The average Bonchev–Trinajstić information content (AvgIpc) is 3.26. The molecular weight excluding hydrogens is 777 g/mol. The predicted molar refractivity (Wildman–Crippen MR) is 249 cm³/mol. The normalized spacial score (nSPS) is 14.6. The molecule has 0 spiro atoms. The first-order valence-corrected chi connectivity index (χ1v) is 24.9. The predicted octanol–water partition coefficient (Wildman–Crippen LogP) is 8.03. The highest BCUT2D eigenvalue weighted by molar-refractivity contribution is 7.00. The highest BCUT2D eigenvalue weighted by atomic mass is 28.4. The van der Waals surface area contributed by atoms with Gasteiger partial charge in [0.25, 0.3) is 16.6 Å². The van der Waals surface area contributed by atoms with Crippen LogP contribution in [0.4, 0.5) is 0 Å². The summed E-state index contributed by atoms with van der Waals surface area (Å²) >= 11 is 0. The number of hydrogen-bond donors (Lipinski definition) is 2. The molecule has 2 N–H and O–H groups in total. The molecule has 6 rings (SSSR count). The molecule has 0 aliphatic heterocycles. The maximum absolute atomic E-state index is 13.3. The minimum absolute atomic E-state index is 0.0404. The SMILES string of the molecule is CC(C)(C)[Si](O[C@@H]([C@H](O)[C@@H](COCc1ccccc1)O[Si](c1ccccc1)(c1ccccc1)C(C)(C)C)[C@H](O)COCc1ccccc1)(c1ccccc1)c1ccccc1. The van der Waals surface area contributed by atoms with Crippen LogP contribution in [0.2, 0.25) is 10.1 Å². The van der Waals surface area contributed by atoms with Gasteiger partial charge in [0.15, 0.2) is 0 Å². The van der Waals surface area contributed by atoms with Gasteiger partial charge in [-0.2, -0.15) is 0 Å². The van der Waals surface area contributed by atoms with Gasteiger partial charge in [0.05, 0.1) is 32.5 Å². The van der Waals surface area contributed by atoms with Gasteiger partial charge in [-0.05, 0) is 42.0 Å². The van der Waals surface area contributed by atoms with E-state index in [0.29, 0.717) is 13.2 Å². The molecule has 8 heteroatoms. The van der Waals surface area contributed by atoms with Crippen LogP contribution < -0.4 is 20.7 Å². The fourth-order valence-corrected chi connectivity index (χ4v) is 17.8. The molecule has 0 saturated heterocycles. The van der Waals surface area contributed by atoms with E-state index in [1.165, 1.54) is 0 Å². The first-order valence-electron chi connectivity index (χ1n) is 21.0. The number of aliphatic hydroxyl groups is 2. The van der Waals surface area contributed by atoms with Crippen LogP contribution in [0.1, 0.15) is 52.7 Å². The molecular formula is C52H62O6Si2. The van der Waals surface area contributed by atoms with Crippen molar-refractivity contribution in [3.63, 3.8) is 0 Å². The Balaban J connectivity index is 1.51. The molecule has 0 aliphatic rings. The molecule has 0 bridgehead atoms. The molecule has 6 nitrogen and oxygen atoms in total. The van der Waals surface area contributed by atoms with Gasteiger partial charge >= 0.3 is 0 Å². The highest BCUT2D eigenvalue weighted by Gasteiger charge is 2.56. The van der Waals surface area contributed by atoms with E-state index in [-0.39, 0.29) is 13.2 Å². The zero-order chi connectivity index (χ0) is 42.6. The highest BCUT2D eigenvalue weighted by Crippen LogP contribution is 2.41. The molecule has 0 radical (unpaired) electrons. The summed E-state index contributed by atoms with van der Waals surface area (Å²) in [6.07, 6.45) is -4.70. The lowest BCUT2D eigenvalue weighted by molar-refractivity contribution is -0.125. The Bertz CT molecular complexity index is 2050. The second-order valence-electron chi connectivity index (χ2n) is 17.6. The first kappa shape index (κ1) is 45.1. The maximum atomic E-state index is 13.3. The average molecular weight is 839 g/mol. The van der Waals surface area contributed by atoms with E-state index >= 15 is 0 Å². The third-order valence-electron chi connectivity index (χ3n) is 11.4. The monoisotopic (exact) mass is 838 g/mol. The van der Waals surface area contributed by atoms with Gasteiger partial charge < -0.3 is 28.5 Å². The van der Waals surface area contributed by atoms with Gasteiger partial charge in [-0.15, -0.1) is 0 Å². The molecule has 0 saturated carbocycles.